The van der Waals surface area contributed by atoms with Crippen LogP contribution in [0.15, 0.2) is 53.1 Å². The molecule has 4 heterocycles. The number of nitro groups is 1. The molecule has 12 nitrogen and oxygen atoms in total. The third-order valence-corrected chi connectivity index (χ3v) is 7.39. The molecule has 0 aliphatic carbocycles. The summed E-state index contributed by atoms with van der Waals surface area (Å²) in [6.45, 7) is 3.63. The molecule has 0 fully saturated rings. The van der Waals surface area contributed by atoms with Crippen molar-refractivity contribution < 1.29 is 36.8 Å². The number of rotatable bonds is 9. The third kappa shape index (κ3) is 5.76. The van der Waals surface area contributed by atoms with Gasteiger partial charge in [-0.2, -0.15) is 18.3 Å². The van der Waals surface area contributed by atoms with Gasteiger partial charge in [-0.15, -0.1) is 11.3 Å². The zero-order valence-corrected chi connectivity index (χ0v) is 23.2. The first-order valence-electron chi connectivity index (χ1n) is 12.5. The summed E-state index contributed by atoms with van der Waals surface area (Å²) in [4.78, 5) is 39.6. The van der Waals surface area contributed by atoms with Gasteiger partial charge < -0.3 is 20.2 Å². The van der Waals surface area contributed by atoms with Gasteiger partial charge in [0, 0.05) is 29.8 Å². The predicted molar refractivity (Wildman–Crippen MR) is 149 cm³/mol. The van der Waals surface area contributed by atoms with E-state index in [2.05, 4.69) is 15.4 Å². The van der Waals surface area contributed by atoms with Gasteiger partial charge in [0.1, 0.15) is 27.8 Å². The first-order chi connectivity index (χ1) is 20.4. The Hall–Kier alpha value is -5.25. The van der Waals surface area contributed by atoms with E-state index in [4.69, 9.17) is 14.9 Å². The molecule has 5 aromatic rings. The molecular weight excluding hydrogens is 593 g/mol. The maximum atomic E-state index is 13.8. The first-order valence-corrected chi connectivity index (χ1v) is 13.3. The van der Waals surface area contributed by atoms with Crippen LogP contribution in [-0.2, 0) is 19.3 Å². The zero-order chi connectivity index (χ0) is 31.1. The van der Waals surface area contributed by atoms with Gasteiger partial charge >= 0.3 is 11.9 Å². The van der Waals surface area contributed by atoms with E-state index in [1.807, 2.05) is 6.92 Å². The molecule has 0 atom stereocenters. The zero-order valence-electron chi connectivity index (χ0n) is 22.4. The Bertz CT molecular complexity index is 1890. The summed E-state index contributed by atoms with van der Waals surface area (Å²) in [6, 6.07) is 9.27. The fraction of sp³-hybridized carbons (Fsp3) is 0.185. The van der Waals surface area contributed by atoms with Gasteiger partial charge in [0.25, 0.3) is 11.8 Å². The van der Waals surface area contributed by atoms with Gasteiger partial charge in [-0.3, -0.25) is 24.4 Å². The van der Waals surface area contributed by atoms with E-state index in [0.717, 1.165) is 6.07 Å². The minimum absolute atomic E-state index is 0.00862. The number of ether oxygens (including phenoxy) is 1. The third-order valence-electron chi connectivity index (χ3n) is 6.29. The molecule has 0 spiro atoms. The smallest absolute Gasteiger partial charge is 0.433 e. The van der Waals surface area contributed by atoms with Crippen LogP contribution in [0.2, 0.25) is 0 Å². The lowest BCUT2D eigenvalue weighted by Crippen LogP contribution is -2.16. The molecule has 16 heteroatoms. The van der Waals surface area contributed by atoms with Crippen LogP contribution in [0.25, 0.3) is 21.3 Å². The number of carbonyl (C=O) groups is 2. The summed E-state index contributed by atoms with van der Waals surface area (Å²) in [6.07, 6.45) is -3.24. The predicted octanol–water partition coefficient (Wildman–Crippen LogP) is 5.94. The molecule has 222 valence electrons. The average molecular weight is 615 g/mol. The van der Waals surface area contributed by atoms with Gasteiger partial charge in [0.2, 0.25) is 0 Å². The van der Waals surface area contributed by atoms with E-state index in [1.54, 1.807) is 23.9 Å². The quantitative estimate of drug-likeness (QED) is 0.152. The Kier molecular flexibility index (Phi) is 7.62. The Morgan fingerprint density at radius 1 is 1.21 bits per heavy atom. The number of hydrogen-bond donors (Lipinski definition) is 2. The Balaban J connectivity index is 1.52. The number of nitrogens with zero attached hydrogens (tertiary/aromatic N) is 4. The molecule has 43 heavy (non-hydrogen) atoms. The van der Waals surface area contributed by atoms with Crippen molar-refractivity contribution in [1.29, 1.82) is 0 Å². The number of hydrogen-bond acceptors (Lipinski definition) is 9. The van der Waals surface area contributed by atoms with Crippen LogP contribution in [-0.4, -0.2) is 31.5 Å². The largest absolute Gasteiger partial charge is 0.479 e. The van der Waals surface area contributed by atoms with Crippen LogP contribution in [0.4, 0.5) is 24.5 Å². The fourth-order valence-electron chi connectivity index (χ4n) is 4.32. The lowest BCUT2D eigenvalue weighted by molar-refractivity contribution is -0.386. The average Bonchev–Trinajstić information content (AvgIpc) is 3.68. The molecule has 0 saturated carbocycles. The molecule has 0 bridgehead atoms. The highest BCUT2D eigenvalue weighted by molar-refractivity contribution is 7.21. The maximum Gasteiger partial charge on any atom is 0.433 e. The monoisotopic (exact) mass is 614 g/mol. The van der Waals surface area contributed by atoms with Gasteiger partial charge in [-0.05, 0) is 43.7 Å². The van der Waals surface area contributed by atoms with E-state index < -0.39 is 28.6 Å². The number of nitrogens with one attached hydrogen (secondary N) is 1. The number of para-hydroxylation sites is 2. The van der Waals surface area contributed by atoms with Crippen molar-refractivity contribution in [1.82, 2.24) is 14.8 Å². The van der Waals surface area contributed by atoms with Gasteiger partial charge in [0.15, 0.2) is 11.5 Å². The van der Waals surface area contributed by atoms with Gasteiger partial charge in [-0.25, -0.2) is 4.98 Å². The number of fused-ring (bicyclic) bond motifs is 1. The van der Waals surface area contributed by atoms with Gasteiger partial charge in [0.05, 0.1) is 16.3 Å². The number of alkyl halides is 3. The molecule has 5 rings (SSSR count). The number of primary amides is 1. The van der Waals surface area contributed by atoms with Crippen molar-refractivity contribution in [3.05, 3.63) is 86.6 Å². The SMILES string of the molecule is CCn1cc(-c2cc(C(F)(F)F)nc3sc(C(N)=O)c(NC(=O)c4ccc(COc5ccccc5[N+](=O)[O-])o4)c23)c(C)n1. The second kappa shape index (κ2) is 11.2. The van der Waals surface area contributed by atoms with Crippen LogP contribution in [0.1, 0.15) is 44.3 Å². The number of aryl methyl sites for hydroxylation is 2. The molecule has 0 unspecified atom stereocenters. The van der Waals surface area contributed by atoms with E-state index >= 15 is 0 Å². The molecule has 0 saturated heterocycles. The van der Waals surface area contributed by atoms with Crippen LogP contribution in [0.3, 0.4) is 0 Å². The maximum absolute atomic E-state index is 13.8. The van der Waals surface area contributed by atoms with E-state index in [9.17, 15) is 32.9 Å². The number of benzene rings is 1. The van der Waals surface area contributed by atoms with Crippen LogP contribution >= 0.6 is 11.3 Å². The molecule has 2 amide bonds. The van der Waals surface area contributed by atoms with Crippen molar-refractivity contribution in [3.63, 3.8) is 0 Å². The summed E-state index contributed by atoms with van der Waals surface area (Å²) >= 11 is 0.608. The molecule has 0 aliphatic heterocycles. The number of thiophene rings is 1. The summed E-state index contributed by atoms with van der Waals surface area (Å²) in [5, 5.41) is 18.2. The highest BCUT2D eigenvalue weighted by atomic mass is 32.1. The second-order valence-corrected chi connectivity index (χ2v) is 10.1. The standard InChI is InChI=1S/C27H21F3N6O6S/c1-3-35-11-16(13(2)34-35)15-10-20(27(28,29)30)32-26-21(15)22(23(43-26)24(31)37)33-25(38)19-9-8-14(42-19)12-41-18-7-5-4-6-17(18)36(39)40/h4-11H,3,12H2,1-2H3,(H2,31,37)(H,33,38). The number of nitrogens with two attached hydrogens (primary N) is 1. The molecule has 1 aromatic carbocycles. The molecular formula is C27H21F3N6O6S. The lowest BCUT2D eigenvalue weighted by Gasteiger charge is -2.11. The number of anilines is 1. The Labute approximate surface area is 244 Å². The highest BCUT2D eigenvalue weighted by Gasteiger charge is 2.35. The van der Waals surface area contributed by atoms with Crippen LogP contribution in [0.5, 0.6) is 5.75 Å². The Morgan fingerprint density at radius 2 is 1.95 bits per heavy atom. The minimum atomic E-state index is -4.80. The molecule has 4 aromatic heterocycles. The molecule has 0 aliphatic rings. The van der Waals surface area contributed by atoms with Crippen molar-refractivity contribution in [3.8, 4) is 16.9 Å². The number of aromatic nitrogens is 3. The summed E-state index contributed by atoms with van der Waals surface area (Å²) in [5.41, 5.74) is 4.79. The number of halogens is 3. The number of nitro benzene ring substituents is 1. The Morgan fingerprint density at radius 3 is 2.60 bits per heavy atom. The number of furan rings is 1. The van der Waals surface area contributed by atoms with E-state index in [0.29, 0.717) is 29.1 Å². The topological polar surface area (TPSA) is 168 Å². The highest BCUT2D eigenvalue weighted by Crippen LogP contribution is 2.44. The number of amides is 2. The van der Waals surface area contributed by atoms with Gasteiger partial charge in [-0.1, -0.05) is 12.1 Å². The van der Waals surface area contributed by atoms with Crippen LogP contribution < -0.4 is 15.8 Å². The van der Waals surface area contributed by atoms with Crippen LogP contribution in [0, 0.1) is 17.0 Å². The minimum Gasteiger partial charge on any atom is -0.479 e. The van der Waals surface area contributed by atoms with E-state index in [-0.39, 0.29) is 55.9 Å². The van der Waals surface area contributed by atoms with Crippen molar-refractivity contribution in [2.45, 2.75) is 33.2 Å². The molecule has 3 N–H and O–H groups in total. The summed E-state index contributed by atoms with van der Waals surface area (Å²) in [7, 11) is 0. The lowest BCUT2D eigenvalue weighted by atomic mass is 10.0. The van der Waals surface area contributed by atoms with Crippen molar-refractivity contribution in [2.75, 3.05) is 5.32 Å². The number of pyridine rings is 1. The van der Waals surface area contributed by atoms with Crippen molar-refractivity contribution in [2.24, 2.45) is 5.73 Å². The first kappa shape index (κ1) is 29.2. The fourth-order valence-corrected chi connectivity index (χ4v) is 5.33. The number of carbonyl (C=O) groups excluding carboxylic acids is 2. The molecule has 0 radical (unpaired) electrons. The summed E-state index contributed by atoms with van der Waals surface area (Å²) in [5.74, 6) is -1.92. The second-order valence-electron chi connectivity index (χ2n) is 9.12. The normalized spacial score (nSPS) is 11.6. The van der Waals surface area contributed by atoms with E-state index in [1.165, 1.54) is 30.3 Å². The van der Waals surface area contributed by atoms with Crippen molar-refractivity contribution >= 4 is 44.7 Å². The summed E-state index contributed by atoms with van der Waals surface area (Å²) < 4.78 is 54.0.